The van der Waals surface area contributed by atoms with Crippen LogP contribution < -0.4 is 5.32 Å². The Morgan fingerprint density at radius 3 is 2.84 bits per heavy atom. The quantitative estimate of drug-likeness (QED) is 0.862. The Kier molecular flexibility index (Phi) is 3.97. The van der Waals surface area contributed by atoms with E-state index in [2.05, 4.69) is 10.3 Å². The summed E-state index contributed by atoms with van der Waals surface area (Å²) < 4.78 is 26.2. The summed E-state index contributed by atoms with van der Waals surface area (Å²) in [5.74, 6) is -1.86. The molecule has 19 heavy (non-hydrogen) atoms. The zero-order valence-corrected chi connectivity index (χ0v) is 9.81. The minimum absolute atomic E-state index is 0.194. The van der Waals surface area contributed by atoms with Crippen LogP contribution in [0.5, 0.6) is 0 Å². The van der Waals surface area contributed by atoms with Crippen LogP contribution in [0.2, 0.25) is 0 Å². The Morgan fingerprint density at radius 1 is 1.26 bits per heavy atom. The van der Waals surface area contributed by atoms with Gasteiger partial charge in [0.1, 0.15) is 11.6 Å². The highest BCUT2D eigenvalue weighted by molar-refractivity contribution is 6.01. The molecular weight excluding hydrogens is 250 g/mol. The molecule has 5 heteroatoms. The summed E-state index contributed by atoms with van der Waals surface area (Å²) in [5.41, 5.74) is 0.540. The predicted molar refractivity (Wildman–Crippen MR) is 68.3 cm³/mol. The fourth-order valence-corrected chi connectivity index (χ4v) is 1.41. The zero-order chi connectivity index (χ0) is 13.7. The standard InChI is InChI=1S/C14H10F2N2O/c15-11-4-5-12(16)13(8-11)18-14(19)6-3-10-2-1-7-17-9-10/h1-9H,(H,18,19). The molecule has 2 rings (SSSR count). The predicted octanol–water partition coefficient (Wildman–Crippen LogP) is 3.01. The molecule has 1 amide bonds. The number of anilines is 1. The number of aromatic nitrogens is 1. The fourth-order valence-electron chi connectivity index (χ4n) is 1.41. The van der Waals surface area contributed by atoms with Gasteiger partial charge in [0.25, 0.3) is 0 Å². The van der Waals surface area contributed by atoms with Gasteiger partial charge >= 0.3 is 0 Å². The largest absolute Gasteiger partial charge is 0.320 e. The number of benzene rings is 1. The van der Waals surface area contributed by atoms with Gasteiger partial charge in [0.15, 0.2) is 0 Å². The molecule has 0 unspecified atom stereocenters. The molecule has 0 saturated heterocycles. The highest BCUT2D eigenvalue weighted by atomic mass is 19.1. The fraction of sp³-hybridized carbons (Fsp3) is 0. The zero-order valence-electron chi connectivity index (χ0n) is 9.81. The van der Waals surface area contributed by atoms with Crippen LogP contribution in [0.15, 0.2) is 48.8 Å². The third-order valence-corrected chi connectivity index (χ3v) is 2.30. The van der Waals surface area contributed by atoms with Gasteiger partial charge in [0.05, 0.1) is 5.69 Å². The van der Waals surface area contributed by atoms with Crippen molar-refractivity contribution in [1.29, 1.82) is 0 Å². The number of amides is 1. The van der Waals surface area contributed by atoms with Gasteiger partial charge in [-0.25, -0.2) is 8.78 Å². The van der Waals surface area contributed by atoms with Gasteiger partial charge in [-0.15, -0.1) is 0 Å². The molecular formula is C14H10F2N2O. The van der Waals surface area contributed by atoms with E-state index < -0.39 is 17.5 Å². The molecule has 1 aromatic carbocycles. The van der Waals surface area contributed by atoms with Crippen LogP contribution in [0.1, 0.15) is 5.56 Å². The van der Waals surface area contributed by atoms with E-state index in [1.807, 2.05) is 0 Å². The number of halogens is 2. The van der Waals surface area contributed by atoms with Crippen molar-refractivity contribution < 1.29 is 13.6 Å². The van der Waals surface area contributed by atoms with Crippen molar-refractivity contribution in [2.24, 2.45) is 0 Å². The molecule has 1 N–H and O–H groups in total. The van der Waals surface area contributed by atoms with E-state index in [9.17, 15) is 13.6 Å². The maximum atomic E-state index is 13.3. The van der Waals surface area contributed by atoms with Crippen molar-refractivity contribution in [3.05, 3.63) is 66.0 Å². The number of rotatable bonds is 3. The molecule has 0 saturated carbocycles. The number of pyridine rings is 1. The number of carbonyl (C=O) groups excluding carboxylic acids is 1. The van der Waals surface area contributed by atoms with Gasteiger partial charge in [0, 0.05) is 24.5 Å². The molecule has 0 aliphatic carbocycles. The molecule has 0 fully saturated rings. The number of nitrogens with zero attached hydrogens (tertiary/aromatic N) is 1. The van der Waals surface area contributed by atoms with Crippen molar-refractivity contribution in [3.63, 3.8) is 0 Å². The van der Waals surface area contributed by atoms with E-state index >= 15 is 0 Å². The summed E-state index contributed by atoms with van der Waals surface area (Å²) in [6, 6.07) is 6.35. The third-order valence-electron chi connectivity index (χ3n) is 2.30. The molecule has 0 spiro atoms. The number of hydrogen-bond acceptors (Lipinski definition) is 2. The van der Waals surface area contributed by atoms with Gasteiger partial charge < -0.3 is 5.32 Å². The Labute approximate surface area is 108 Å². The molecule has 2 aromatic rings. The van der Waals surface area contributed by atoms with Crippen molar-refractivity contribution in [1.82, 2.24) is 4.98 Å². The molecule has 1 aromatic heterocycles. The molecule has 0 radical (unpaired) electrons. The van der Waals surface area contributed by atoms with E-state index in [1.54, 1.807) is 24.5 Å². The molecule has 0 aliphatic rings. The second-order valence-electron chi connectivity index (χ2n) is 3.73. The van der Waals surface area contributed by atoms with Gasteiger partial charge in [-0.05, 0) is 29.8 Å². The minimum Gasteiger partial charge on any atom is -0.320 e. The van der Waals surface area contributed by atoms with Crippen molar-refractivity contribution in [2.45, 2.75) is 0 Å². The first-order valence-electron chi connectivity index (χ1n) is 5.49. The van der Waals surface area contributed by atoms with Crippen LogP contribution in [0.4, 0.5) is 14.5 Å². The highest BCUT2D eigenvalue weighted by Gasteiger charge is 2.05. The molecule has 0 aliphatic heterocycles. The SMILES string of the molecule is O=C(C=Cc1cccnc1)Nc1cc(F)ccc1F. The molecule has 0 bridgehead atoms. The third kappa shape index (κ3) is 3.70. The lowest BCUT2D eigenvalue weighted by Crippen LogP contribution is -2.09. The van der Waals surface area contributed by atoms with Crippen LogP contribution in [0.25, 0.3) is 6.08 Å². The van der Waals surface area contributed by atoms with Crippen LogP contribution >= 0.6 is 0 Å². The minimum atomic E-state index is -0.690. The number of hydrogen-bond donors (Lipinski definition) is 1. The first-order valence-corrected chi connectivity index (χ1v) is 5.49. The second kappa shape index (κ2) is 5.86. The van der Waals surface area contributed by atoms with E-state index in [0.29, 0.717) is 0 Å². The van der Waals surface area contributed by atoms with Crippen LogP contribution in [-0.2, 0) is 4.79 Å². The van der Waals surface area contributed by atoms with Crippen molar-refractivity contribution in [2.75, 3.05) is 5.32 Å². The van der Waals surface area contributed by atoms with E-state index in [1.165, 1.54) is 12.2 Å². The average Bonchev–Trinajstić information content (AvgIpc) is 2.42. The number of nitrogens with one attached hydrogen (secondary N) is 1. The highest BCUT2D eigenvalue weighted by Crippen LogP contribution is 2.15. The monoisotopic (exact) mass is 260 g/mol. The van der Waals surface area contributed by atoms with Crippen LogP contribution in [0, 0.1) is 11.6 Å². The van der Waals surface area contributed by atoms with E-state index in [-0.39, 0.29) is 5.69 Å². The summed E-state index contributed by atoms with van der Waals surface area (Å²) in [7, 11) is 0. The summed E-state index contributed by atoms with van der Waals surface area (Å²) in [4.78, 5) is 15.4. The van der Waals surface area contributed by atoms with Gasteiger partial charge in [-0.3, -0.25) is 9.78 Å². The summed E-state index contributed by atoms with van der Waals surface area (Å²) in [6.45, 7) is 0. The normalized spacial score (nSPS) is 10.6. The smallest absolute Gasteiger partial charge is 0.248 e. The maximum Gasteiger partial charge on any atom is 0.248 e. The van der Waals surface area contributed by atoms with Crippen molar-refractivity contribution >= 4 is 17.7 Å². The van der Waals surface area contributed by atoms with Crippen LogP contribution in [-0.4, -0.2) is 10.9 Å². The lowest BCUT2D eigenvalue weighted by Gasteiger charge is -2.03. The lowest BCUT2D eigenvalue weighted by atomic mass is 10.2. The topological polar surface area (TPSA) is 42.0 Å². The van der Waals surface area contributed by atoms with E-state index in [4.69, 9.17) is 0 Å². The molecule has 3 nitrogen and oxygen atoms in total. The first-order chi connectivity index (χ1) is 9.15. The maximum absolute atomic E-state index is 13.3. The van der Waals surface area contributed by atoms with Gasteiger partial charge in [0.2, 0.25) is 5.91 Å². The van der Waals surface area contributed by atoms with E-state index in [0.717, 1.165) is 23.8 Å². The molecule has 96 valence electrons. The van der Waals surface area contributed by atoms with Gasteiger partial charge in [-0.1, -0.05) is 6.07 Å². The Bertz CT molecular complexity index is 612. The van der Waals surface area contributed by atoms with Crippen LogP contribution in [0.3, 0.4) is 0 Å². The second-order valence-corrected chi connectivity index (χ2v) is 3.73. The first kappa shape index (κ1) is 12.9. The summed E-state index contributed by atoms with van der Waals surface area (Å²) in [6.07, 6.45) is 5.94. The molecule has 0 atom stereocenters. The summed E-state index contributed by atoms with van der Waals surface area (Å²) in [5, 5.41) is 2.26. The van der Waals surface area contributed by atoms with Crippen molar-refractivity contribution in [3.8, 4) is 0 Å². The Morgan fingerprint density at radius 2 is 2.11 bits per heavy atom. The lowest BCUT2D eigenvalue weighted by molar-refractivity contribution is -0.111. The van der Waals surface area contributed by atoms with Gasteiger partial charge in [-0.2, -0.15) is 0 Å². The average molecular weight is 260 g/mol. The Balaban J connectivity index is 2.06. The molecule has 1 heterocycles. The summed E-state index contributed by atoms with van der Waals surface area (Å²) >= 11 is 0. The Hall–Kier alpha value is -2.56. The number of carbonyl (C=O) groups is 1.